The summed E-state index contributed by atoms with van der Waals surface area (Å²) in [7, 11) is 0. The average Bonchev–Trinajstić information content (AvgIpc) is 3.10. The minimum absolute atomic E-state index is 0.190. The van der Waals surface area contributed by atoms with Gasteiger partial charge in [0.25, 0.3) is 5.91 Å². The molecule has 0 unspecified atom stereocenters. The molecule has 0 fully saturated rings. The molecule has 0 saturated carbocycles. The maximum atomic E-state index is 11.9. The van der Waals surface area contributed by atoms with E-state index in [1.807, 2.05) is 24.3 Å². The van der Waals surface area contributed by atoms with E-state index in [0.29, 0.717) is 5.69 Å². The van der Waals surface area contributed by atoms with Gasteiger partial charge in [0.05, 0.1) is 6.26 Å². The van der Waals surface area contributed by atoms with Crippen molar-refractivity contribution in [3.8, 4) is 11.3 Å². The number of nitrogens with zero attached hydrogens (tertiary/aromatic N) is 2. The van der Waals surface area contributed by atoms with Gasteiger partial charge in [0.1, 0.15) is 0 Å². The van der Waals surface area contributed by atoms with Crippen LogP contribution in [0.25, 0.3) is 11.3 Å². The number of anilines is 1. The van der Waals surface area contributed by atoms with Gasteiger partial charge in [-0.3, -0.25) is 10.1 Å². The van der Waals surface area contributed by atoms with Crippen LogP contribution in [0.15, 0.2) is 56.2 Å². The van der Waals surface area contributed by atoms with E-state index in [9.17, 15) is 4.79 Å². The molecule has 20 heavy (non-hydrogen) atoms. The zero-order chi connectivity index (χ0) is 13.9. The van der Waals surface area contributed by atoms with Crippen LogP contribution in [-0.4, -0.2) is 16.2 Å². The average molecular weight is 334 g/mol. The standard InChI is InChI=1S/C13H8BrN3O3/c14-9-5-3-8(4-6-9)11-12(17-20-16-11)15-13(18)10-2-1-7-19-10/h1-7H,(H,15,17,18). The minimum atomic E-state index is -0.413. The lowest BCUT2D eigenvalue weighted by Crippen LogP contribution is -2.11. The highest BCUT2D eigenvalue weighted by molar-refractivity contribution is 9.10. The predicted octanol–water partition coefficient (Wildman–Crippen LogP) is 3.34. The second kappa shape index (κ2) is 5.30. The predicted molar refractivity (Wildman–Crippen MR) is 74.1 cm³/mol. The fourth-order valence-electron chi connectivity index (χ4n) is 1.64. The van der Waals surface area contributed by atoms with Crippen LogP contribution in [-0.2, 0) is 0 Å². The van der Waals surface area contributed by atoms with Crippen LogP contribution in [0, 0.1) is 0 Å². The highest BCUT2D eigenvalue weighted by atomic mass is 79.9. The number of carbonyl (C=O) groups excluding carboxylic acids is 1. The first-order chi connectivity index (χ1) is 9.74. The number of aromatic nitrogens is 2. The summed E-state index contributed by atoms with van der Waals surface area (Å²) in [5, 5.41) is 10.1. The van der Waals surface area contributed by atoms with E-state index in [2.05, 4.69) is 31.6 Å². The third-order valence-corrected chi connectivity index (χ3v) is 3.11. The molecule has 0 aliphatic rings. The fraction of sp³-hybridized carbons (Fsp3) is 0. The first-order valence-electron chi connectivity index (χ1n) is 5.67. The number of furan rings is 1. The van der Waals surface area contributed by atoms with E-state index in [1.54, 1.807) is 12.1 Å². The Morgan fingerprint density at radius 3 is 2.65 bits per heavy atom. The van der Waals surface area contributed by atoms with Crippen LogP contribution in [0.5, 0.6) is 0 Å². The van der Waals surface area contributed by atoms with Crippen molar-refractivity contribution in [2.24, 2.45) is 0 Å². The van der Waals surface area contributed by atoms with E-state index < -0.39 is 5.91 Å². The van der Waals surface area contributed by atoms with E-state index in [4.69, 9.17) is 9.05 Å². The lowest BCUT2D eigenvalue weighted by molar-refractivity contribution is 0.0995. The molecule has 0 spiro atoms. The first kappa shape index (κ1) is 12.6. The summed E-state index contributed by atoms with van der Waals surface area (Å²) < 4.78 is 10.6. The summed E-state index contributed by atoms with van der Waals surface area (Å²) in [5.41, 5.74) is 1.24. The number of hydrogen-bond acceptors (Lipinski definition) is 5. The molecule has 6 nitrogen and oxygen atoms in total. The molecule has 100 valence electrons. The van der Waals surface area contributed by atoms with Crippen molar-refractivity contribution in [3.63, 3.8) is 0 Å². The number of halogens is 1. The van der Waals surface area contributed by atoms with Gasteiger partial charge in [-0.15, -0.1) is 0 Å². The molecule has 2 heterocycles. The topological polar surface area (TPSA) is 81.2 Å². The Labute approximate surface area is 121 Å². The minimum Gasteiger partial charge on any atom is -0.459 e. The van der Waals surface area contributed by atoms with Crippen LogP contribution in [0.4, 0.5) is 5.82 Å². The summed E-state index contributed by atoms with van der Waals surface area (Å²) in [6, 6.07) is 10.6. The van der Waals surface area contributed by atoms with Gasteiger partial charge in [-0.1, -0.05) is 28.1 Å². The maximum Gasteiger partial charge on any atom is 0.292 e. The summed E-state index contributed by atoms with van der Waals surface area (Å²) in [5.74, 6) is 0.0209. The molecule has 3 rings (SSSR count). The summed E-state index contributed by atoms with van der Waals surface area (Å²) >= 11 is 3.35. The van der Waals surface area contributed by atoms with Crippen molar-refractivity contribution < 1.29 is 13.8 Å². The van der Waals surface area contributed by atoms with Crippen molar-refractivity contribution in [1.29, 1.82) is 0 Å². The van der Waals surface area contributed by atoms with Crippen molar-refractivity contribution in [1.82, 2.24) is 10.3 Å². The zero-order valence-corrected chi connectivity index (χ0v) is 11.6. The molecular weight excluding hydrogens is 326 g/mol. The molecule has 0 aliphatic carbocycles. The van der Waals surface area contributed by atoms with Gasteiger partial charge in [0.15, 0.2) is 11.5 Å². The molecule has 0 atom stereocenters. The quantitative estimate of drug-likeness (QED) is 0.794. The van der Waals surface area contributed by atoms with E-state index in [1.165, 1.54) is 6.26 Å². The van der Waals surface area contributed by atoms with Gasteiger partial charge in [-0.05, 0) is 34.6 Å². The van der Waals surface area contributed by atoms with Gasteiger partial charge in [0, 0.05) is 10.0 Å². The fourth-order valence-corrected chi connectivity index (χ4v) is 1.91. The Balaban J connectivity index is 1.87. The van der Waals surface area contributed by atoms with Gasteiger partial charge in [-0.25, -0.2) is 4.63 Å². The van der Waals surface area contributed by atoms with Crippen LogP contribution < -0.4 is 5.32 Å². The van der Waals surface area contributed by atoms with Crippen molar-refractivity contribution >= 4 is 27.7 Å². The van der Waals surface area contributed by atoms with Crippen molar-refractivity contribution in [3.05, 3.63) is 52.9 Å². The SMILES string of the molecule is O=C(Nc1nonc1-c1ccc(Br)cc1)c1ccco1. The summed E-state index contributed by atoms with van der Waals surface area (Å²) in [6.07, 6.45) is 1.42. The van der Waals surface area contributed by atoms with Crippen molar-refractivity contribution in [2.75, 3.05) is 5.32 Å². The van der Waals surface area contributed by atoms with E-state index in [-0.39, 0.29) is 11.6 Å². The first-order valence-corrected chi connectivity index (χ1v) is 6.47. The van der Waals surface area contributed by atoms with Gasteiger partial charge >= 0.3 is 0 Å². The highest BCUT2D eigenvalue weighted by Crippen LogP contribution is 2.26. The molecule has 0 bridgehead atoms. The number of rotatable bonds is 3. The third kappa shape index (κ3) is 2.48. The monoisotopic (exact) mass is 333 g/mol. The molecule has 1 amide bonds. The molecule has 0 saturated heterocycles. The number of amides is 1. The Hall–Kier alpha value is -2.41. The molecular formula is C13H8BrN3O3. The van der Waals surface area contributed by atoms with Gasteiger partial charge < -0.3 is 4.42 Å². The Morgan fingerprint density at radius 2 is 1.95 bits per heavy atom. The zero-order valence-electron chi connectivity index (χ0n) is 10.0. The Kier molecular flexibility index (Phi) is 3.34. The van der Waals surface area contributed by atoms with E-state index in [0.717, 1.165) is 10.0 Å². The lowest BCUT2D eigenvalue weighted by atomic mass is 10.1. The number of nitrogens with one attached hydrogen (secondary N) is 1. The number of carbonyl (C=O) groups is 1. The van der Waals surface area contributed by atoms with Gasteiger partial charge in [-0.2, -0.15) is 0 Å². The molecule has 1 aromatic carbocycles. The molecule has 3 aromatic rings. The second-order valence-corrected chi connectivity index (χ2v) is 4.82. The highest BCUT2D eigenvalue weighted by Gasteiger charge is 2.17. The largest absolute Gasteiger partial charge is 0.459 e. The van der Waals surface area contributed by atoms with Gasteiger partial charge in [0.2, 0.25) is 5.82 Å². The molecule has 2 aromatic heterocycles. The number of hydrogen-bond donors (Lipinski definition) is 1. The van der Waals surface area contributed by atoms with Crippen LogP contribution in [0.1, 0.15) is 10.6 Å². The van der Waals surface area contributed by atoms with Crippen LogP contribution in [0.2, 0.25) is 0 Å². The Morgan fingerprint density at radius 1 is 1.15 bits per heavy atom. The normalized spacial score (nSPS) is 10.4. The lowest BCUT2D eigenvalue weighted by Gasteiger charge is -2.01. The van der Waals surface area contributed by atoms with Crippen LogP contribution >= 0.6 is 15.9 Å². The third-order valence-electron chi connectivity index (χ3n) is 2.58. The van der Waals surface area contributed by atoms with E-state index >= 15 is 0 Å². The Bertz CT molecular complexity index is 720. The molecule has 0 aliphatic heterocycles. The van der Waals surface area contributed by atoms with Crippen molar-refractivity contribution in [2.45, 2.75) is 0 Å². The second-order valence-electron chi connectivity index (χ2n) is 3.90. The summed E-state index contributed by atoms with van der Waals surface area (Å²) in [6.45, 7) is 0. The molecule has 7 heteroatoms. The van der Waals surface area contributed by atoms with Crippen LogP contribution in [0.3, 0.4) is 0 Å². The number of benzene rings is 1. The smallest absolute Gasteiger partial charge is 0.292 e. The summed E-state index contributed by atoms with van der Waals surface area (Å²) in [4.78, 5) is 11.9. The maximum absolute atomic E-state index is 11.9. The molecule has 1 N–H and O–H groups in total. The molecule has 0 radical (unpaired) electrons.